The number of carbonyl (C=O) groups is 1. The summed E-state index contributed by atoms with van der Waals surface area (Å²) in [6.07, 6.45) is 3.34. The highest BCUT2D eigenvalue weighted by atomic mass is 35.5. The first-order chi connectivity index (χ1) is 13.6. The molecule has 2 aromatic rings. The van der Waals surface area contributed by atoms with Crippen molar-refractivity contribution in [2.24, 2.45) is 11.3 Å². The van der Waals surface area contributed by atoms with Crippen LogP contribution in [0, 0.1) is 11.3 Å². The zero-order chi connectivity index (χ0) is 19.7. The number of para-hydroxylation sites is 1. The number of nitrogens with one attached hydrogen (secondary N) is 1. The lowest BCUT2D eigenvalue weighted by Crippen LogP contribution is -2.35. The predicted octanol–water partition coefficient (Wildman–Crippen LogP) is 4.69. The molecule has 1 aliphatic heterocycles. The average Bonchev–Trinajstić information content (AvgIpc) is 3.45. The highest BCUT2D eigenvalue weighted by Gasteiger charge is 2.58. The van der Waals surface area contributed by atoms with Gasteiger partial charge in [0, 0.05) is 18.5 Å². The van der Waals surface area contributed by atoms with Gasteiger partial charge < -0.3 is 15.0 Å². The molecule has 0 radical (unpaired) electrons. The van der Waals surface area contributed by atoms with E-state index < -0.39 is 0 Å². The van der Waals surface area contributed by atoms with Crippen molar-refractivity contribution in [2.45, 2.75) is 32.2 Å². The lowest BCUT2D eigenvalue weighted by atomic mass is 9.91. The molecule has 4 nitrogen and oxygen atoms in total. The van der Waals surface area contributed by atoms with Crippen LogP contribution in [-0.4, -0.2) is 38.1 Å². The molecule has 4 rings (SSSR count). The molecule has 2 atom stereocenters. The highest BCUT2D eigenvalue weighted by molar-refractivity contribution is 5.85. The van der Waals surface area contributed by atoms with E-state index >= 15 is 0 Å². The van der Waals surface area contributed by atoms with E-state index in [1.54, 1.807) is 7.11 Å². The van der Waals surface area contributed by atoms with Gasteiger partial charge in [-0.05, 0) is 61.9 Å². The zero-order valence-corrected chi connectivity index (χ0v) is 18.3. The highest BCUT2D eigenvalue weighted by Crippen LogP contribution is 2.59. The minimum atomic E-state index is 0. The zero-order valence-electron chi connectivity index (χ0n) is 17.5. The Morgan fingerprint density at radius 3 is 2.45 bits per heavy atom. The normalized spacial score (nSPS) is 20.4. The molecule has 1 N–H and O–H groups in total. The smallest absolute Gasteiger partial charge is 0.226 e. The number of hydrogen-bond acceptors (Lipinski definition) is 3. The molecule has 1 spiro atoms. The van der Waals surface area contributed by atoms with Gasteiger partial charge in [-0.1, -0.05) is 42.5 Å². The maximum Gasteiger partial charge on any atom is 0.226 e. The van der Waals surface area contributed by atoms with Crippen LogP contribution >= 0.6 is 12.4 Å². The number of benzene rings is 2. The second-order valence-corrected chi connectivity index (χ2v) is 8.32. The quantitative estimate of drug-likeness (QED) is 0.771. The first-order valence-corrected chi connectivity index (χ1v) is 10.3. The van der Waals surface area contributed by atoms with Gasteiger partial charge in [0.25, 0.3) is 0 Å². The van der Waals surface area contributed by atoms with Crippen LogP contribution in [0.4, 0.5) is 0 Å². The third kappa shape index (κ3) is 4.15. The summed E-state index contributed by atoms with van der Waals surface area (Å²) in [5.74, 6) is 1.40. The van der Waals surface area contributed by atoms with Gasteiger partial charge in [0.1, 0.15) is 5.75 Å². The summed E-state index contributed by atoms with van der Waals surface area (Å²) in [5, 5.41) is 3.41. The number of nitrogens with zero attached hydrogens (tertiary/aromatic N) is 1. The van der Waals surface area contributed by atoms with Crippen LogP contribution in [-0.2, 0) is 4.79 Å². The van der Waals surface area contributed by atoms with Crippen molar-refractivity contribution in [1.82, 2.24) is 10.2 Å². The Morgan fingerprint density at radius 1 is 1.14 bits per heavy atom. The molecular weight excluding hydrogens is 384 g/mol. The fourth-order valence-corrected chi connectivity index (χ4v) is 4.66. The van der Waals surface area contributed by atoms with E-state index in [0.29, 0.717) is 5.91 Å². The van der Waals surface area contributed by atoms with Crippen molar-refractivity contribution in [1.29, 1.82) is 0 Å². The molecule has 2 fully saturated rings. The number of halogens is 1. The molecule has 0 bridgehead atoms. The van der Waals surface area contributed by atoms with E-state index in [1.165, 1.54) is 0 Å². The van der Waals surface area contributed by atoms with Crippen LogP contribution < -0.4 is 10.1 Å². The average molecular weight is 415 g/mol. The van der Waals surface area contributed by atoms with Crippen LogP contribution in [0.1, 0.15) is 37.8 Å². The monoisotopic (exact) mass is 414 g/mol. The molecular formula is C24H31ClN2O2. The van der Waals surface area contributed by atoms with Crippen LogP contribution in [0.2, 0.25) is 0 Å². The summed E-state index contributed by atoms with van der Waals surface area (Å²) in [4.78, 5) is 15.0. The van der Waals surface area contributed by atoms with Crippen LogP contribution in [0.25, 0.3) is 11.1 Å². The van der Waals surface area contributed by atoms with E-state index in [0.717, 1.165) is 54.8 Å². The first kappa shape index (κ1) is 21.7. The second kappa shape index (κ2) is 8.76. The van der Waals surface area contributed by atoms with Crippen molar-refractivity contribution in [3.8, 4) is 16.9 Å². The maximum atomic E-state index is 13.1. The number of piperidine rings is 1. The van der Waals surface area contributed by atoms with E-state index in [2.05, 4.69) is 42.6 Å². The Morgan fingerprint density at radius 2 is 1.79 bits per heavy atom. The summed E-state index contributed by atoms with van der Waals surface area (Å²) in [6.45, 7) is 4.22. The Hall–Kier alpha value is -2.04. The number of methoxy groups -OCH3 is 1. The van der Waals surface area contributed by atoms with Gasteiger partial charge in [-0.2, -0.15) is 0 Å². The molecule has 1 saturated carbocycles. The summed E-state index contributed by atoms with van der Waals surface area (Å²) in [7, 11) is 3.65. The van der Waals surface area contributed by atoms with E-state index in [9.17, 15) is 4.79 Å². The number of hydrogen-bond donors (Lipinski definition) is 1. The van der Waals surface area contributed by atoms with Crippen molar-refractivity contribution in [2.75, 3.05) is 27.2 Å². The Labute approximate surface area is 180 Å². The van der Waals surface area contributed by atoms with Crippen molar-refractivity contribution >= 4 is 18.3 Å². The number of ether oxygens (including phenoxy) is 1. The van der Waals surface area contributed by atoms with Gasteiger partial charge in [-0.15, -0.1) is 12.4 Å². The molecule has 1 amide bonds. The SMILES string of the molecule is COc1ccccc1-c1ccc(C(C)N(C)C(=O)C2CC23CCNCC3)cc1.Cl. The molecule has 156 valence electrons. The summed E-state index contributed by atoms with van der Waals surface area (Å²) < 4.78 is 5.48. The van der Waals surface area contributed by atoms with E-state index in [-0.39, 0.29) is 29.8 Å². The molecule has 29 heavy (non-hydrogen) atoms. The Bertz CT molecular complexity index is 846. The number of carbonyl (C=O) groups excluding carboxylic acids is 1. The molecule has 0 aromatic heterocycles. The van der Waals surface area contributed by atoms with Gasteiger partial charge in [0.15, 0.2) is 0 Å². The number of amides is 1. The van der Waals surface area contributed by atoms with Crippen LogP contribution in [0.15, 0.2) is 48.5 Å². The third-order valence-electron chi connectivity index (χ3n) is 6.83. The third-order valence-corrected chi connectivity index (χ3v) is 6.83. The molecule has 1 aliphatic carbocycles. The van der Waals surface area contributed by atoms with Gasteiger partial charge in [0.2, 0.25) is 5.91 Å². The van der Waals surface area contributed by atoms with E-state index in [1.807, 2.05) is 30.1 Å². The maximum absolute atomic E-state index is 13.1. The molecule has 2 unspecified atom stereocenters. The summed E-state index contributed by atoms with van der Waals surface area (Å²) >= 11 is 0. The fraction of sp³-hybridized carbons (Fsp3) is 0.458. The lowest BCUT2D eigenvalue weighted by Gasteiger charge is -2.28. The molecule has 2 aliphatic rings. The molecule has 1 saturated heterocycles. The molecule has 2 aromatic carbocycles. The molecule has 1 heterocycles. The fourth-order valence-electron chi connectivity index (χ4n) is 4.66. The largest absolute Gasteiger partial charge is 0.496 e. The van der Waals surface area contributed by atoms with Crippen molar-refractivity contribution in [3.05, 3.63) is 54.1 Å². The van der Waals surface area contributed by atoms with Crippen LogP contribution in [0.3, 0.4) is 0 Å². The number of rotatable bonds is 5. The Balaban J connectivity index is 0.00000240. The van der Waals surface area contributed by atoms with Crippen molar-refractivity contribution < 1.29 is 9.53 Å². The van der Waals surface area contributed by atoms with Gasteiger partial charge in [-0.3, -0.25) is 4.79 Å². The predicted molar refractivity (Wildman–Crippen MR) is 120 cm³/mol. The Kier molecular flexibility index (Phi) is 6.55. The standard InChI is InChI=1S/C24H30N2O2.ClH/c1-17(26(2)23(27)21-16-24(21)12-14-25-15-13-24)18-8-10-19(11-9-18)20-6-4-5-7-22(20)28-3;/h4-11,17,21,25H,12-16H2,1-3H3;1H. The second-order valence-electron chi connectivity index (χ2n) is 8.32. The van der Waals surface area contributed by atoms with E-state index in [4.69, 9.17) is 4.74 Å². The van der Waals surface area contributed by atoms with Gasteiger partial charge >= 0.3 is 0 Å². The molecule has 5 heteroatoms. The van der Waals surface area contributed by atoms with Gasteiger partial charge in [0.05, 0.1) is 13.2 Å². The lowest BCUT2D eigenvalue weighted by molar-refractivity contribution is -0.134. The van der Waals surface area contributed by atoms with Crippen molar-refractivity contribution in [3.63, 3.8) is 0 Å². The minimum Gasteiger partial charge on any atom is -0.496 e. The minimum absolute atomic E-state index is 0. The van der Waals surface area contributed by atoms with Crippen LogP contribution in [0.5, 0.6) is 5.75 Å². The summed E-state index contributed by atoms with van der Waals surface area (Å²) in [6, 6.07) is 16.6. The first-order valence-electron chi connectivity index (χ1n) is 10.3. The summed E-state index contributed by atoms with van der Waals surface area (Å²) in [5.41, 5.74) is 3.65. The topological polar surface area (TPSA) is 41.6 Å². The van der Waals surface area contributed by atoms with Gasteiger partial charge in [-0.25, -0.2) is 0 Å².